The van der Waals surface area contributed by atoms with E-state index in [1.165, 1.54) is 18.2 Å². The number of nitrogens with zero attached hydrogens (tertiary/aromatic N) is 1. The molecule has 0 spiro atoms. The topological polar surface area (TPSA) is 38.8 Å². The van der Waals surface area contributed by atoms with Crippen LogP contribution in [0.2, 0.25) is 0 Å². The summed E-state index contributed by atoms with van der Waals surface area (Å²) in [6.45, 7) is 6.10. The predicted octanol–water partition coefficient (Wildman–Crippen LogP) is 4.97. The minimum atomic E-state index is -5.05. The van der Waals surface area contributed by atoms with E-state index in [0.717, 1.165) is 5.56 Å². The maximum absolute atomic E-state index is 13.3. The molecule has 0 saturated carbocycles. The van der Waals surface area contributed by atoms with Crippen LogP contribution in [-0.2, 0) is 14.3 Å². The van der Waals surface area contributed by atoms with Crippen LogP contribution in [-0.4, -0.2) is 31.6 Å². The van der Waals surface area contributed by atoms with Crippen molar-refractivity contribution in [3.63, 3.8) is 0 Å². The highest BCUT2D eigenvalue weighted by atomic mass is 19.4. The zero-order valence-electron chi connectivity index (χ0n) is 16.4. The van der Waals surface area contributed by atoms with Gasteiger partial charge in [0.25, 0.3) is 0 Å². The van der Waals surface area contributed by atoms with Crippen molar-refractivity contribution in [3.05, 3.63) is 59.7 Å². The largest absolute Gasteiger partial charge is 0.472 e. The number of ether oxygens (including phenoxy) is 2. The van der Waals surface area contributed by atoms with Gasteiger partial charge in [0.05, 0.1) is 5.69 Å². The maximum Gasteiger partial charge on any atom is 0.472 e. The lowest BCUT2D eigenvalue weighted by Gasteiger charge is -2.25. The van der Waals surface area contributed by atoms with Gasteiger partial charge in [0.1, 0.15) is 0 Å². The molecular weight excluding hydrogens is 383 g/mol. The van der Waals surface area contributed by atoms with E-state index in [1.807, 2.05) is 0 Å². The van der Waals surface area contributed by atoms with Gasteiger partial charge in [0.2, 0.25) is 6.29 Å². The molecule has 0 unspecified atom stereocenters. The van der Waals surface area contributed by atoms with Crippen molar-refractivity contribution in [1.82, 2.24) is 0 Å². The number of hydrogen-bond acceptors (Lipinski definition) is 3. The highest BCUT2D eigenvalue weighted by molar-refractivity contribution is 6.04. The second kappa shape index (κ2) is 10.1. The highest BCUT2D eigenvalue weighted by Gasteiger charge is 2.44. The van der Waals surface area contributed by atoms with E-state index in [1.54, 1.807) is 51.1 Å². The van der Waals surface area contributed by atoms with E-state index in [-0.39, 0.29) is 16.9 Å². The lowest BCUT2D eigenvalue weighted by Crippen LogP contribution is -2.38. The van der Waals surface area contributed by atoms with Crippen LogP contribution >= 0.6 is 0 Å². The molecule has 154 valence electrons. The molecule has 0 N–H and O–H groups in total. The van der Waals surface area contributed by atoms with Gasteiger partial charge in [-0.05, 0) is 51.0 Å². The second-order valence-corrected chi connectivity index (χ2v) is 6.00. The Morgan fingerprint density at radius 3 is 2.17 bits per heavy atom. The van der Waals surface area contributed by atoms with Gasteiger partial charge in [-0.25, -0.2) is 0 Å². The SMILES string of the molecule is CCOC(C#Cc1ccccc1N(C(=O)C(F)(F)F)c1ccc(C)cc1)OCC. The molecule has 0 aliphatic carbocycles. The Balaban J connectivity index is 2.55. The number of anilines is 2. The molecule has 2 aromatic carbocycles. The summed E-state index contributed by atoms with van der Waals surface area (Å²) in [4.78, 5) is 12.9. The van der Waals surface area contributed by atoms with Gasteiger partial charge in [0.15, 0.2) is 0 Å². The Kier molecular flexibility index (Phi) is 7.82. The summed E-state index contributed by atoms with van der Waals surface area (Å²) in [6.07, 6.45) is -5.87. The van der Waals surface area contributed by atoms with Gasteiger partial charge < -0.3 is 9.47 Å². The fraction of sp³-hybridized carbons (Fsp3) is 0.318. The van der Waals surface area contributed by atoms with Crippen molar-refractivity contribution in [1.29, 1.82) is 0 Å². The number of para-hydroxylation sites is 1. The van der Waals surface area contributed by atoms with E-state index in [0.29, 0.717) is 18.1 Å². The Labute approximate surface area is 168 Å². The molecule has 7 heteroatoms. The van der Waals surface area contributed by atoms with Gasteiger partial charge in [-0.1, -0.05) is 35.7 Å². The number of benzene rings is 2. The van der Waals surface area contributed by atoms with Crippen LogP contribution in [0.4, 0.5) is 24.5 Å². The van der Waals surface area contributed by atoms with E-state index < -0.39 is 18.4 Å². The molecule has 0 radical (unpaired) electrons. The molecule has 0 aromatic heterocycles. The molecule has 0 atom stereocenters. The summed E-state index contributed by atoms with van der Waals surface area (Å²) in [5.41, 5.74) is 1.23. The standard InChI is InChI=1S/C22H22F3NO3/c1-4-28-20(29-5-2)15-12-17-8-6-7-9-19(17)26(21(27)22(23,24)25)18-13-10-16(3)11-14-18/h6-11,13-14,20H,4-5H2,1-3H3. The zero-order valence-corrected chi connectivity index (χ0v) is 16.4. The van der Waals surface area contributed by atoms with Crippen LogP contribution < -0.4 is 4.90 Å². The molecule has 0 aliphatic rings. The first-order valence-corrected chi connectivity index (χ1v) is 9.09. The number of carbonyl (C=O) groups is 1. The predicted molar refractivity (Wildman–Crippen MR) is 105 cm³/mol. The fourth-order valence-corrected chi connectivity index (χ4v) is 2.53. The van der Waals surface area contributed by atoms with Crippen molar-refractivity contribution < 1.29 is 27.4 Å². The first kappa shape index (κ1) is 22.5. The van der Waals surface area contributed by atoms with Crippen LogP contribution in [0.15, 0.2) is 48.5 Å². The molecule has 0 saturated heterocycles. The Morgan fingerprint density at radius 1 is 1.03 bits per heavy atom. The molecule has 2 aromatic rings. The lowest BCUT2D eigenvalue weighted by atomic mass is 10.1. The van der Waals surface area contributed by atoms with Gasteiger partial charge >= 0.3 is 12.1 Å². The smallest absolute Gasteiger partial charge is 0.342 e. The molecule has 0 heterocycles. The summed E-state index contributed by atoms with van der Waals surface area (Å²) in [6, 6.07) is 12.4. The summed E-state index contributed by atoms with van der Waals surface area (Å²) in [5, 5.41) is 0. The van der Waals surface area contributed by atoms with Crippen molar-refractivity contribution in [2.75, 3.05) is 18.1 Å². The third-order valence-electron chi connectivity index (χ3n) is 3.84. The minimum absolute atomic E-state index is 0.0259. The van der Waals surface area contributed by atoms with E-state index >= 15 is 0 Å². The highest BCUT2D eigenvalue weighted by Crippen LogP contribution is 2.33. The maximum atomic E-state index is 13.3. The number of halogens is 3. The lowest BCUT2D eigenvalue weighted by molar-refractivity contribution is -0.169. The molecule has 0 aliphatic heterocycles. The van der Waals surface area contributed by atoms with Crippen molar-refractivity contribution in [2.24, 2.45) is 0 Å². The van der Waals surface area contributed by atoms with Crippen LogP contribution in [0.3, 0.4) is 0 Å². The molecule has 0 bridgehead atoms. The van der Waals surface area contributed by atoms with E-state index in [4.69, 9.17) is 9.47 Å². The number of hydrogen-bond donors (Lipinski definition) is 0. The average Bonchev–Trinajstić information content (AvgIpc) is 2.68. The van der Waals surface area contributed by atoms with Crippen molar-refractivity contribution in [2.45, 2.75) is 33.2 Å². The van der Waals surface area contributed by atoms with Gasteiger partial charge in [0, 0.05) is 24.5 Å². The second-order valence-electron chi connectivity index (χ2n) is 6.00. The van der Waals surface area contributed by atoms with Gasteiger partial charge in [-0.2, -0.15) is 13.2 Å². The Hall–Kier alpha value is -2.82. The zero-order chi connectivity index (χ0) is 21.4. The molecule has 4 nitrogen and oxygen atoms in total. The van der Waals surface area contributed by atoms with Crippen LogP contribution in [0, 0.1) is 18.8 Å². The monoisotopic (exact) mass is 405 g/mol. The van der Waals surface area contributed by atoms with Gasteiger partial charge in [-0.3, -0.25) is 9.69 Å². The summed E-state index contributed by atoms with van der Waals surface area (Å²) >= 11 is 0. The number of aryl methyl sites for hydroxylation is 1. The average molecular weight is 405 g/mol. The van der Waals surface area contributed by atoms with Gasteiger partial charge in [-0.15, -0.1) is 0 Å². The first-order valence-electron chi connectivity index (χ1n) is 9.09. The van der Waals surface area contributed by atoms with Crippen LogP contribution in [0.1, 0.15) is 25.0 Å². The minimum Gasteiger partial charge on any atom is -0.342 e. The quantitative estimate of drug-likeness (QED) is 0.503. The number of rotatable bonds is 6. The molecule has 0 fully saturated rings. The summed E-state index contributed by atoms with van der Waals surface area (Å²) < 4.78 is 50.7. The van der Waals surface area contributed by atoms with Crippen molar-refractivity contribution in [3.8, 4) is 11.8 Å². The molecule has 2 rings (SSSR count). The summed E-state index contributed by atoms with van der Waals surface area (Å²) in [5.74, 6) is 3.55. The van der Waals surface area contributed by atoms with Crippen molar-refractivity contribution >= 4 is 17.3 Å². The first-order chi connectivity index (χ1) is 13.8. The normalized spacial score (nSPS) is 11.1. The number of carbonyl (C=O) groups excluding carboxylic acids is 1. The van der Waals surface area contributed by atoms with Crippen LogP contribution in [0.25, 0.3) is 0 Å². The van der Waals surface area contributed by atoms with E-state index in [2.05, 4.69) is 11.8 Å². The third kappa shape index (κ3) is 6.08. The van der Waals surface area contributed by atoms with Crippen LogP contribution in [0.5, 0.6) is 0 Å². The molecule has 1 amide bonds. The molecular formula is C22H22F3NO3. The Morgan fingerprint density at radius 2 is 1.62 bits per heavy atom. The number of amides is 1. The van der Waals surface area contributed by atoms with E-state index in [9.17, 15) is 18.0 Å². The third-order valence-corrected chi connectivity index (χ3v) is 3.84. The molecule has 29 heavy (non-hydrogen) atoms. The fourth-order valence-electron chi connectivity index (χ4n) is 2.53. The number of alkyl halides is 3. The Bertz CT molecular complexity index is 877. The summed E-state index contributed by atoms with van der Waals surface area (Å²) in [7, 11) is 0.